The Kier molecular flexibility index (Phi) is 9.21. The molecule has 0 saturated carbocycles. The molecule has 0 fully saturated rings. The quantitative estimate of drug-likeness (QED) is 0.191. The lowest BCUT2D eigenvalue weighted by atomic mass is 10.1. The van der Waals surface area contributed by atoms with E-state index in [-0.39, 0.29) is 0 Å². The summed E-state index contributed by atoms with van der Waals surface area (Å²) in [5, 5.41) is 0. The van der Waals surface area contributed by atoms with E-state index in [1.54, 1.807) is 0 Å². The van der Waals surface area contributed by atoms with E-state index < -0.39 is 0 Å². The molecule has 0 aliphatic heterocycles. The topological polar surface area (TPSA) is 6.48 Å². The van der Waals surface area contributed by atoms with E-state index in [0.717, 1.165) is 26.2 Å². The summed E-state index contributed by atoms with van der Waals surface area (Å²) in [4.78, 5) is 5.03. The molecule has 4 aromatic carbocycles. The highest BCUT2D eigenvalue weighted by Gasteiger charge is 2.09. The molecule has 4 aromatic rings. The van der Waals surface area contributed by atoms with E-state index in [2.05, 4.69) is 131 Å². The van der Waals surface area contributed by atoms with Crippen molar-refractivity contribution >= 4 is 11.4 Å². The van der Waals surface area contributed by atoms with Crippen LogP contribution in [-0.2, 0) is 13.1 Å². The van der Waals surface area contributed by atoms with Crippen molar-refractivity contribution in [2.24, 2.45) is 0 Å². The lowest BCUT2D eigenvalue weighted by Crippen LogP contribution is -2.24. The third-order valence-electron chi connectivity index (χ3n) is 6.28. The molecular formula is C32H36N2. The molecule has 0 heterocycles. The predicted octanol–water partition coefficient (Wildman–Crippen LogP) is 7.96. The van der Waals surface area contributed by atoms with Crippen LogP contribution in [0.4, 0.5) is 11.4 Å². The van der Waals surface area contributed by atoms with Crippen LogP contribution in [0.2, 0.25) is 0 Å². The minimum atomic E-state index is 0.962. The van der Waals surface area contributed by atoms with Gasteiger partial charge in [-0.15, -0.1) is 0 Å². The van der Waals surface area contributed by atoms with Crippen LogP contribution in [0.15, 0.2) is 121 Å². The maximum absolute atomic E-state index is 2.51. The normalized spacial score (nSPS) is 10.7. The molecule has 0 spiro atoms. The van der Waals surface area contributed by atoms with Crippen LogP contribution in [0.25, 0.3) is 0 Å². The highest BCUT2D eigenvalue weighted by molar-refractivity contribution is 5.47. The van der Waals surface area contributed by atoms with E-state index in [4.69, 9.17) is 0 Å². The van der Waals surface area contributed by atoms with E-state index >= 15 is 0 Å². The lowest BCUT2D eigenvalue weighted by molar-refractivity contribution is 0.611. The number of benzene rings is 4. The van der Waals surface area contributed by atoms with Crippen LogP contribution in [0.3, 0.4) is 0 Å². The first-order chi connectivity index (χ1) is 16.9. The molecule has 34 heavy (non-hydrogen) atoms. The smallest absolute Gasteiger partial charge is 0.0429 e. The highest BCUT2D eigenvalue weighted by atomic mass is 15.1. The van der Waals surface area contributed by atoms with Crippen LogP contribution < -0.4 is 9.80 Å². The van der Waals surface area contributed by atoms with E-state index in [1.165, 1.54) is 48.2 Å². The predicted molar refractivity (Wildman–Crippen MR) is 146 cm³/mol. The number of hydrogen-bond donors (Lipinski definition) is 0. The van der Waals surface area contributed by atoms with Crippen LogP contribution in [-0.4, -0.2) is 13.1 Å². The maximum atomic E-state index is 2.51. The molecule has 0 amide bonds. The second kappa shape index (κ2) is 13.3. The fourth-order valence-electron chi connectivity index (χ4n) is 4.44. The fraction of sp³-hybridized carbons (Fsp3) is 0.250. The van der Waals surface area contributed by atoms with E-state index in [0.29, 0.717) is 0 Å². The molecule has 0 aromatic heterocycles. The Labute approximate surface area is 205 Å². The summed E-state index contributed by atoms with van der Waals surface area (Å²) >= 11 is 0. The summed E-state index contributed by atoms with van der Waals surface area (Å²) in [5.41, 5.74) is 5.35. The van der Waals surface area contributed by atoms with Crippen LogP contribution in [0.5, 0.6) is 0 Å². The van der Waals surface area contributed by atoms with Crippen molar-refractivity contribution in [3.8, 4) is 0 Å². The van der Waals surface area contributed by atoms with Gasteiger partial charge in [0, 0.05) is 37.6 Å². The zero-order valence-corrected chi connectivity index (χ0v) is 20.1. The number of hydrogen-bond acceptors (Lipinski definition) is 2. The molecule has 0 radical (unpaired) electrons. The van der Waals surface area contributed by atoms with Gasteiger partial charge in [-0.05, 0) is 48.2 Å². The molecule has 4 rings (SSSR count). The zero-order valence-electron chi connectivity index (χ0n) is 20.1. The Bertz CT molecular complexity index is 960. The van der Waals surface area contributed by atoms with E-state index in [9.17, 15) is 0 Å². The number of anilines is 2. The molecule has 0 aliphatic rings. The monoisotopic (exact) mass is 448 g/mol. The Hall–Kier alpha value is -3.52. The first-order valence-corrected chi connectivity index (χ1v) is 12.6. The van der Waals surface area contributed by atoms with Gasteiger partial charge in [-0.3, -0.25) is 0 Å². The summed E-state index contributed by atoms with van der Waals surface area (Å²) in [6, 6.07) is 43.2. The number of nitrogens with zero attached hydrogens (tertiary/aromatic N) is 2. The number of rotatable bonds is 13. The van der Waals surface area contributed by atoms with Crippen molar-refractivity contribution in [3.63, 3.8) is 0 Å². The van der Waals surface area contributed by atoms with Crippen molar-refractivity contribution in [2.45, 2.75) is 38.8 Å². The second-order valence-electron chi connectivity index (χ2n) is 8.90. The number of para-hydroxylation sites is 2. The van der Waals surface area contributed by atoms with Gasteiger partial charge in [0.05, 0.1) is 0 Å². The molecular weight excluding hydrogens is 412 g/mol. The van der Waals surface area contributed by atoms with Gasteiger partial charge in [-0.25, -0.2) is 0 Å². The molecule has 0 atom stereocenters. The minimum Gasteiger partial charge on any atom is -0.367 e. The van der Waals surface area contributed by atoms with Crippen LogP contribution >= 0.6 is 0 Å². The number of unbranched alkanes of at least 4 members (excludes halogenated alkanes) is 3. The molecule has 0 N–H and O–H groups in total. The summed E-state index contributed by atoms with van der Waals surface area (Å²) in [6.45, 7) is 4.10. The zero-order chi connectivity index (χ0) is 23.3. The summed E-state index contributed by atoms with van der Waals surface area (Å²) < 4.78 is 0. The minimum absolute atomic E-state index is 0.962. The van der Waals surface area contributed by atoms with Crippen molar-refractivity contribution in [1.82, 2.24) is 0 Å². The van der Waals surface area contributed by atoms with Gasteiger partial charge < -0.3 is 9.80 Å². The molecule has 174 valence electrons. The summed E-state index contributed by atoms with van der Waals surface area (Å²) in [6.07, 6.45) is 4.94. The van der Waals surface area contributed by atoms with Gasteiger partial charge in [0.1, 0.15) is 0 Å². The van der Waals surface area contributed by atoms with Crippen LogP contribution in [0, 0.1) is 0 Å². The Morgan fingerprint density at radius 2 is 0.676 bits per heavy atom. The molecule has 2 nitrogen and oxygen atoms in total. The Morgan fingerprint density at radius 1 is 0.353 bits per heavy atom. The van der Waals surface area contributed by atoms with Crippen molar-refractivity contribution in [1.29, 1.82) is 0 Å². The van der Waals surface area contributed by atoms with Gasteiger partial charge >= 0.3 is 0 Å². The molecule has 0 aliphatic carbocycles. The SMILES string of the molecule is c1ccc(CN(CCCCCCN(Cc2ccccc2)c2ccccc2)c2ccccc2)cc1. The van der Waals surface area contributed by atoms with Gasteiger partial charge in [-0.2, -0.15) is 0 Å². The Balaban J connectivity index is 1.27. The van der Waals surface area contributed by atoms with Gasteiger partial charge in [0.25, 0.3) is 0 Å². The summed E-state index contributed by atoms with van der Waals surface area (Å²) in [7, 11) is 0. The van der Waals surface area contributed by atoms with Gasteiger partial charge in [0.2, 0.25) is 0 Å². The third kappa shape index (κ3) is 7.52. The molecule has 2 heteroatoms. The first-order valence-electron chi connectivity index (χ1n) is 12.6. The highest BCUT2D eigenvalue weighted by Crippen LogP contribution is 2.20. The van der Waals surface area contributed by atoms with Crippen molar-refractivity contribution in [3.05, 3.63) is 132 Å². The third-order valence-corrected chi connectivity index (χ3v) is 6.28. The fourth-order valence-corrected chi connectivity index (χ4v) is 4.44. The van der Waals surface area contributed by atoms with Crippen LogP contribution in [0.1, 0.15) is 36.8 Å². The standard InChI is InChI=1S/C32H36N2/c1(15-25-33(31-21-11-5-12-22-31)27-29-17-7-3-8-18-29)2-16-26-34(32-23-13-6-14-24-32)28-30-19-9-4-10-20-30/h3-14,17-24H,1-2,15-16,25-28H2. The second-order valence-corrected chi connectivity index (χ2v) is 8.90. The van der Waals surface area contributed by atoms with Gasteiger partial charge in [0.15, 0.2) is 0 Å². The van der Waals surface area contributed by atoms with Gasteiger partial charge in [-0.1, -0.05) is 110 Å². The first kappa shape index (κ1) is 23.6. The largest absolute Gasteiger partial charge is 0.367 e. The molecule has 0 bridgehead atoms. The Morgan fingerprint density at radius 3 is 1.03 bits per heavy atom. The van der Waals surface area contributed by atoms with Crippen molar-refractivity contribution in [2.75, 3.05) is 22.9 Å². The van der Waals surface area contributed by atoms with Crippen molar-refractivity contribution < 1.29 is 0 Å². The summed E-state index contributed by atoms with van der Waals surface area (Å²) in [5.74, 6) is 0. The average Bonchev–Trinajstić information content (AvgIpc) is 2.91. The van der Waals surface area contributed by atoms with E-state index in [1.807, 2.05) is 0 Å². The maximum Gasteiger partial charge on any atom is 0.0429 e. The average molecular weight is 449 g/mol. The molecule has 0 saturated heterocycles. The lowest BCUT2D eigenvalue weighted by Gasteiger charge is -2.26. The molecule has 0 unspecified atom stereocenters.